The first kappa shape index (κ1) is 11.4. The first-order valence-corrected chi connectivity index (χ1v) is 5.88. The highest BCUT2D eigenvalue weighted by molar-refractivity contribution is 5.27. The third-order valence-electron chi connectivity index (χ3n) is 3.36. The maximum absolute atomic E-state index is 9.55. The highest BCUT2D eigenvalue weighted by Crippen LogP contribution is 2.24. The molecule has 0 spiro atoms. The van der Waals surface area contributed by atoms with Crippen LogP contribution in [0.5, 0.6) is 5.75 Å². The van der Waals surface area contributed by atoms with Gasteiger partial charge in [-0.1, -0.05) is 18.6 Å². The standard InChI is InChI=1S/C13H19NO2/c15-10-13(7-1-2-8-14-13)9-11-3-5-12(16)6-4-11/h3-6,14-16H,1-2,7-10H2. The van der Waals surface area contributed by atoms with Crippen LogP contribution in [0.1, 0.15) is 24.8 Å². The fourth-order valence-electron chi connectivity index (χ4n) is 2.38. The number of phenols is 1. The van der Waals surface area contributed by atoms with Crippen LogP contribution < -0.4 is 5.32 Å². The summed E-state index contributed by atoms with van der Waals surface area (Å²) in [4.78, 5) is 0. The molecule has 1 fully saturated rings. The number of nitrogens with one attached hydrogen (secondary N) is 1. The number of rotatable bonds is 3. The summed E-state index contributed by atoms with van der Waals surface area (Å²) < 4.78 is 0. The number of phenolic OH excluding ortho intramolecular Hbond substituents is 1. The van der Waals surface area contributed by atoms with E-state index in [-0.39, 0.29) is 12.1 Å². The van der Waals surface area contributed by atoms with Crippen molar-refractivity contribution in [1.82, 2.24) is 5.32 Å². The van der Waals surface area contributed by atoms with Crippen LogP contribution in [0.3, 0.4) is 0 Å². The highest BCUT2D eigenvalue weighted by Gasteiger charge is 2.30. The summed E-state index contributed by atoms with van der Waals surface area (Å²) in [7, 11) is 0. The van der Waals surface area contributed by atoms with Gasteiger partial charge >= 0.3 is 0 Å². The lowest BCUT2D eigenvalue weighted by Gasteiger charge is -2.37. The van der Waals surface area contributed by atoms with Crippen LogP contribution in [0, 0.1) is 0 Å². The summed E-state index contributed by atoms with van der Waals surface area (Å²) in [5.74, 6) is 0.290. The molecule has 1 aromatic carbocycles. The van der Waals surface area contributed by atoms with Crippen molar-refractivity contribution in [2.45, 2.75) is 31.2 Å². The molecule has 3 N–H and O–H groups in total. The molecule has 16 heavy (non-hydrogen) atoms. The van der Waals surface area contributed by atoms with Gasteiger partial charge in [-0.15, -0.1) is 0 Å². The Hall–Kier alpha value is -1.06. The summed E-state index contributed by atoms with van der Waals surface area (Å²) in [6, 6.07) is 7.23. The molecule has 1 aromatic rings. The van der Waals surface area contributed by atoms with E-state index < -0.39 is 0 Å². The van der Waals surface area contributed by atoms with Gasteiger partial charge in [0.1, 0.15) is 5.75 Å². The van der Waals surface area contributed by atoms with Crippen LogP contribution >= 0.6 is 0 Å². The average molecular weight is 221 g/mol. The molecule has 1 aliphatic heterocycles. The first-order valence-electron chi connectivity index (χ1n) is 5.88. The normalized spacial score (nSPS) is 25.6. The Bertz CT molecular complexity index is 328. The molecule has 1 saturated heterocycles. The minimum Gasteiger partial charge on any atom is -0.508 e. The van der Waals surface area contributed by atoms with Crippen molar-refractivity contribution < 1.29 is 10.2 Å². The van der Waals surface area contributed by atoms with Gasteiger partial charge in [-0.3, -0.25) is 0 Å². The first-order chi connectivity index (χ1) is 7.74. The van der Waals surface area contributed by atoms with E-state index in [4.69, 9.17) is 0 Å². The average Bonchev–Trinajstić information content (AvgIpc) is 2.33. The van der Waals surface area contributed by atoms with E-state index in [0.29, 0.717) is 5.75 Å². The van der Waals surface area contributed by atoms with Crippen LogP contribution in [-0.2, 0) is 6.42 Å². The van der Waals surface area contributed by atoms with Crippen LogP contribution in [0.2, 0.25) is 0 Å². The van der Waals surface area contributed by atoms with Crippen molar-refractivity contribution in [3.05, 3.63) is 29.8 Å². The molecule has 0 aromatic heterocycles. The number of piperidine rings is 1. The summed E-state index contributed by atoms with van der Waals surface area (Å²) in [6.45, 7) is 1.16. The number of benzene rings is 1. The molecule has 1 unspecified atom stereocenters. The maximum atomic E-state index is 9.55. The van der Waals surface area contributed by atoms with Crippen LogP contribution in [0.25, 0.3) is 0 Å². The largest absolute Gasteiger partial charge is 0.508 e. The minimum atomic E-state index is -0.158. The SMILES string of the molecule is OCC1(Cc2ccc(O)cc2)CCCCN1. The molecule has 2 rings (SSSR count). The van der Waals surface area contributed by atoms with Crippen molar-refractivity contribution in [1.29, 1.82) is 0 Å². The molecule has 1 aliphatic rings. The monoisotopic (exact) mass is 221 g/mol. The predicted octanol–water partition coefficient (Wildman–Crippen LogP) is 1.44. The van der Waals surface area contributed by atoms with E-state index in [1.165, 1.54) is 12.8 Å². The molecular weight excluding hydrogens is 202 g/mol. The van der Waals surface area contributed by atoms with Gasteiger partial charge in [0, 0.05) is 5.54 Å². The summed E-state index contributed by atoms with van der Waals surface area (Å²) in [5.41, 5.74) is 0.996. The Morgan fingerprint density at radius 1 is 1.19 bits per heavy atom. The summed E-state index contributed by atoms with van der Waals surface area (Å²) in [6.07, 6.45) is 4.21. The molecular formula is C13H19NO2. The quantitative estimate of drug-likeness (QED) is 0.724. The summed E-state index contributed by atoms with van der Waals surface area (Å²) >= 11 is 0. The zero-order valence-electron chi connectivity index (χ0n) is 9.45. The third kappa shape index (κ3) is 2.54. The zero-order chi connectivity index (χ0) is 11.4. The van der Waals surface area contributed by atoms with Gasteiger partial charge in [-0.05, 0) is 43.5 Å². The van der Waals surface area contributed by atoms with Crippen LogP contribution in [0.4, 0.5) is 0 Å². The number of aliphatic hydroxyl groups is 1. The molecule has 3 nitrogen and oxygen atoms in total. The van der Waals surface area contributed by atoms with E-state index in [0.717, 1.165) is 24.9 Å². The second kappa shape index (κ2) is 4.85. The predicted molar refractivity (Wildman–Crippen MR) is 63.5 cm³/mol. The smallest absolute Gasteiger partial charge is 0.115 e. The van der Waals surface area contributed by atoms with Gasteiger partial charge in [0.2, 0.25) is 0 Å². The minimum absolute atomic E-state index is 0.158. The topological polar surface area (TPSA) is 52.5 Å². The molecule has 0 amide bonds. The van der Waals surface area contributed by atoms with Gasteiger partial charge in [0.25, 0.3) is 0 Å². The Morgan fingerprint density at radius 2 is 1.94 bits per heavy atom. The van der Waals surface area contributed by atoms with Gasteiger partial charge in [-0.25, -0.2) is 0 Å². The van der Waals surface area contributed by atoms with Crippen molar-refractivity contribution in [3.63, 3.8) is 0 Å². The van der Waals surface area contributed by atoms with Crippen molar-refractivity contribution in [2.24, 2.45) is 0 Å². The Kier molecular flexibility index (Phi) is 3.46. The lowest BCUT2D eigenvalue weighted by molar-refractivity contribution is 0.131. The van der Waals surface area contributed by atoms with Crippen molar-refractivity contribution in [2.75, 3.05) is 13.2 Å². The number of hydrogen-bond acceptors (Lipinski definition) is 3. The second-order valence-corrected chi connectivity index (χ2v) is 4.67. The highest BCUT2D eigenvalue weighted by atomic mass is 16.3. The lowest BCUT2D eigenvalue weighted by atomic mass is 9.84. The van der Waals surface area contributed by atoms with Crippen LogP contribution in [-0.4, -0.2) is 28.9 Å². The number of hydrogen-bond donors (Lipinski definition) is 3. The van der Waals surface area contributed by atoms with Crippen LogP contribution in [0.15, 0.2) is 24.3 Å². The van der Waals surface area contributed by atoms with Crippen molar-refractivity contribution in [3.8, 4) is 5.75 Å². The van der Waals surface area contributed by atoms with Gasteiger partial charge in [-0.2, -0.15) is 0 Å². The molecule has 0 aliphatic carbocycles. The molecule has 3 heteroatoms. The molecule has 1 heterocycles. The van der Waals surface area contributed by atoms with Gasteiger partial charge < -0.3 is 15.5 Å². The molecule has 1 atom stereocenters. The maximum Gasteiger partial charge on any atom is 0.115 e. The van der Waals surface area contributed by atoms with E-state index in [9.17, 15) is 10.2 Å². The molecule has 0 bridgehead atoms. The Morgan fingerprint density at radius 3 is 2.50 bits per heavy atom. The fourth-order valence-corrected chi connectivity index (χ4v) is 2.38. The number of aliphatic hydroxyl groups excluding tert-OH is 1. The number of aromatic hydroxyl groups is 1. The molecule has 88 valence electrons. The second-order valence-electron chi connectivity index (χ2n) is 4.67. The zero-order valence-corrected chi connectivity index (χ0v) is 9.45. The Labute approximate surface area is 96.1 Å². The fraction of sp³-hybridized carbons (Fsp3) is 0.538. The van der Waals surface area contributed by atoms with E-state index in [1.807, 2.05) is 12.1 Å². The van der Waals surface area contributed by atoms with Gasteiger partial charge in [0.05, 0.1) is 6.61 Å². The third-order valence-corrected chi connectivity index (χ3v) is 3.36. The Balaban J connectivity index is 2.08. The molecule has 0 radical (unpaired) electrons. The van der Waals surface area contributed by atoms with E-state index >= 15 is 0 Å². The lowest BCUT2D eigenvalue weighted by Crippen LogP contribution is -2.53. The van der Waals surface area contributed by atoms with Gasteiger partial charge in [0.15, 0.2) is 0 Å². The summed E-state index contributed by atoms with van der Waals surface area (Å²) in [5, 5.41) is 22.2. The van der Waals surface area contributed by atoms with E-state index in [2.05, 4.69) is 5.32 Å². The molecule has 0 saturated carbocycles. The van der Waals surface area contributed by atoms with Crippen molar-refractivity contribution >= 4 is 0 Å². The van der Waals surface area contributed by atoms with E-state index in [1.54, 1.807) is 12.1 Å².